The molecular weight excluding hydrogens is 384 g/mol. The highest BCUT2D eigenvalue weighted by molar-refractivity contribution is 6.10. The Morgan fingerprint density at radius 2 is 1.93 bits per heavy atom. The number of ether oxygens (including phenoxy) is 1. The maximum atomic E-state index is 13.0. The fraction of sp³-hybridized carbons (Fsp3) is 0.435. The van der Waals surface area contributed by atoms with Crippen LogP contribution >= 0.6 is 0 Å². The van der Waals surface area contributed by atoms with Crippen molar-refractivity contribution in [2.24, 2.45) is 5.92 Å². The summed E-state index contributed by atoms with van der Waals surface area (Å²) in [6.45, 7) is 5.42. The monoisotopic (exact) mass is 410 g/mol. The smallest absolute Gasteiger partial charge is 0.268 e. The third kappa shape index (κ3) is 3.84. The van der Waals surface area contributed by atoms with E-state index < -0.39 is 6.10 Å². The standard InChI is InChI=1S/C23H26N2O5/c1-3-18-23(28)25(14-21(26)24-10-8-15(2)9-11-24)17-13-16(6-7-19(17)30-18)22(27)20-5-4-12-29-20/h4-7,12-13,15,18H,3,8-11,14H2,1-2H3. The summed E-state index contributed by atoms with van der Waals surface area (Å²) in [4.78, 5) is 41.9. The zero-order valence-electron chi connectivity index (χ0n) is 17.3. The highest BCUT2D eigenvalue weighted by Crippen LogP contribution is 2.36. The summed E-state index contributed by atoms with van der Waals surface area (Å²) in [5.41, 5.74) is 0.820. The van der Waals surface area contributed by atoms with Crippen molar-refractivity contribution in [1.29, 1.82) is 0 Å². The van der Waals surface area contributed by atoms with E-state index in [0.717, 1.165) is 12.8 Å². The zero-order chi connectivity index (χ0) is 21.3. The maximum absolute atomic E-state index is 13.0. The van der Waals surface area contributed by atoms with E-state index in [1.807, 2.05) is 11.8 Å². The van der Waals surface area contributed by atoms with Gasteiger partial charge in [-0.25, -0.2) is 0 Å². The first kappa shape index (κ1) is 20.2. The SMILES string of the molecule is CCC1Oc2ccc(C(=O)c3ccco3)cc2N(CC(=O)N2CCC(C)CC2)C1=O. The molecule has 1 saturated heterocycles. The first-order valence-electron chi connectivity index (χ1n) is 10.5. The molecule has 7 nitrogen and oxygen atoms in total. The van der Waals surface area contributed by atoms with Gasteiger partial charge in [0.15, 0.2) is 11.9 Å². The van der Waals surface area contributed by atoms with E-state index in [2.05, 4.69) is 6.92 Å². The molecule has 0 radical (unpaired) electrons. The van der Waals surface area contributed by atoms with Gasteiger partial charge in [-0.3, -0.25) is 19.3 Å². The Bertz CT molecular complexity index is 945. The van der Waals surface area contributed by atoms with Crippen LogP contribution in [0.5, 0.6) is 5.75 Å². The molecular formula is C23H26N2O5. The van der Waals surface area contributed by atoms with E-state index >= 15 is 0 Å². The number of likely N-dealkylation sites (tertiary alicyclic amines) is 1. The summed E-state index contributed by atoms with van der Waals surface area (Å²) in [5.74, 6) is 0.697. The van der Waals surface area contributed by atoms with E-state index in [9.17, 15) is 14.4 Å². The Morgan fingerprint density at radius 1 is 1.17 bits per heavy atom. The Hall–Kier alpha value is -3.09. The molecule has 0 aliphatic carbocycles. The number of nitrogens with zero attached hydrogens (tertiary/aromatic N) is 2. The quantitative estimate of drug-likeness (QED) is 0.707. The molecule has 3 heterocycles. The van der Waals surface area contributed by atoms with Crippen molar-refractivity contribution < 1.29 is 23.5 Å². The van der Waals surface area contributed by atoms with Crippen molar-refractivity contribution in [3.8, 4) is 5.75 Å². The number of carbonyl (C=O) groups is 3. The van der Waals surface area contributed by atoms with Gasteiger partial charge in [0.05, 0.1) is 12.0 Å². The number of fused-ring (bicyclic) bond motifs is 1. The molecule has 1 unspecified atom stereocenters. The van der Waals surface area contributed by atoms with Crippen LogP contribution < -0.4 is 9.64 Å². The molecule has 4 rings (SSSR count). The van der Waals surface area contributed by atoms with Crippen molar-refractivity contribution in [1.82, 2.24) is 4.90 Å². The molecule has 2 amide bonds. The van der Waals surface area contributed by atoms with Gasteiger partial charge in [-0.1, -0.05) is 13.8 Å². The number of furan rings is 1. The molecule has 2 aliphatic rings. The fourth-order valence-electron chi connectivity index (χ4n) is 3.93. The Morgan fingerprint density at radius 3 is 2.60 bits per heavy atom. The predicted octanol–water partition coefficient (Wildman–Crippen LogP) is 3.27. The number of hydrogen-bond donors (Lipinski definition) is 0. The van der Waals surface area contributed by atoms with Gasteiger partial charge < -0.3 is 14.1 Å². The molecule has 1 fully saturated rings. The van der Waals surface area contributed by atoms with Crippen molar-refractivity contribution in [2.45, 2.75) is 39.2 Å². The maximum Gasteiger partial charge on any atom is 0.268 e. The van der Waals surface area contributed by atoms with Gasteiger partial charge >= 0.3 is 0 Å². The Balaban J connectivity index is 1.62. The summed E-state index contributed by atoms with van der Waals surface area (Å²) in [7, 11) is 0. The molecule has 7 heteroatoms. The van der Waals surface area contributed by atoms with E-state index in [1.165, 1.54) is 11.2 Å². The molecule has 2 aliphatic heterocycles. The van der Waals surface area contributed by atoms with Crippen molar-refractivity contribution in [3.05, 3.63) is 47.9 Å². The van der Waals surface area contributed by atoms with E-state index in [4.69, 9.17) is 9.15 Å². The summed E-state index contributed by atoms with van der Waals surface area (Å²) >= 11 is 0. The molecule has 1 atom stereocenters. The molecule has 158 valence electrons. The lowest BCUT2D eigenvalue weighted by Gasteiger charge is -2.36. The largest absolute Gasteiger partial charge is 0.478 e. The van der Waals surface area contributed by atoms with Gasteiger partial charge in [0.1, 0.15) is 12.3 Å². The summed E-state index contributed by atoms with van der Waals surface area (Å²) < 4.78 is 11.0. The highest BCUT2D eigenvalue weighted by atomic mass is 16.5. The molecule has 1 aromatic carbocycles. The minimum absolute atomic E-state index is 0.0571. The van der Waals surface area contributed by atoms with Crippen LogP contribution in [0.4, 0.5) is 5.69 Å². The lowest BCUT2D eigenvalue weighted by atomic mass is 9.99. The molecule has 30 heavy (non-hydrogen) atoms. The highest BCUT2D eigenvalue weighted by Gasteiger charge is 2.36. The molecule has 0 N–H and O–H groups in total. The van der Waals surface area contributed by atoms with Gasteiger partial charge in [-0.15, -0.1) is 0 Å². The molecule has 0 saturated carbocycles. The van der Waals surface area contributed by atoms with Crippen molar-refractivity contribution in [3.63, 3.8) is 0 Å². The minimum atomic E-state index is -0.640. The third-order valence-corrected chi connectivity index (χ3v) is 5.87. The second-order valence-electron chi connectivity index (χ2n) is 7.99. The van der Waals surface area contributed by atoms with Crippen LogP contribution in [0.3, 0.4) is 0 Å². The van der Waals surface area contributed by atoms with Gasteiger partial charge in [-0.05, 0) is 55.5 Å². The molecule has 1 aromatic heterocycles. The number of rotatable bonds is 5. The lowest BCUT2D eigenvalue weighted by Crippen LogP contribution is -2.51. The van der Waals surface area contributed by atoms with Crippen LogP contribution in [-0.4, -0.2) is 48.2 Å². The predicted molar refractivity (Wildman–Crippen MR) is 111 cm³/mol. The molecule has 2 aromatic rings. The Kier molecular flexibility index (Phi) is 5.61. The number of amides is 2. The van der Waals surface area contributed by atoms with Crippen LogP contribution in [0.25, 0.3) is 0 Å². The van der Waals surface area contributed by atoms with Crippen LogP contribution in [-0.2, 0) is 9.59 Å². The van der Waals surface area contributed by atoms with Crippen molar-refractivity contribution >= 4 is 23.3 Å². The number of carbonyl (C=O) groups excluding carboxylic acids is 3. The number of anilines is 1. The number of ketones is 1. The average Bonchev–Trinajstić information content (AvgIpc) is 3.30. The zero-order valence-corrected chi connectivity index (χ0v) is 17.3. The van der Waals surface area contributed by atoms with Gasteiger partial charge in [0.25, 0.3) is 5.91 Å². The normalized spacial score (nSPS) is 19.4. The summed E-state index contributed by atoms with van der Waals surface area (Å²) in [6, 6.07) is 8.18. The van der Waals surface area contributed by atoms with E-state index in [-0.39, 0.29) is 29.9 Å². The lowest BCUT2D eigenvalue weighted by molar-refractivity contribution is -0.134. The van der Waals surface area contributed by atoms with Crippen LogP contribution in [0.1, 0.15) is 49.2 Å². The number of hydrogen-bond acceptors (Lipinski definition) is 5. The first-order valence-corrected chi connectivity index (χ1v) is 10.5. The second-order valence-corrected chi connectivity index (χ2v) is 7.99. The molecule has 0 spiro atoms. The van der Waals surface area contributed by atoms with Gasteiger partial charge in [0, 0.05) is 18.7 Å². The first-order chi connectivity index (χ1) is 14.5. The average molecular weight is 410 g/mol. The van der Waals surface area contributed by atoms with Crippen molar-refractivity contribution in [2.75, 3.05) is 24.5 Å². The fourth-order valence-corrected chi connectivity index (χ4v) is 3.93. The van der Waals surface area contributed by atoms with Gasteiger partial charge in [0.2, 0.25) is 11.7 Å². The topological polar surface area (TPSA) is 80.1 Å². The van der Waals surface area contributed by atoms with Gasteiger partial charge in [-0.2, -0.15) is 0 Å². The minimum Gasteiger partial charge on any atom is -0.478 e. The molecule has 0 bridgehead atoms. The second kappa shape index (κ2) is 8.34. The van der Waals surface area contributed by atoms with E-state index in [1.54, 1.807) is 30.3 Å². The summed E-state index contributed by atoms with van der Waals surface area (Å²) in [6.07, 6.45) is 3.24. The van der Waals surface area contributed by atoms with Crippen LogP contribution in [0.2, 0.25) is 0 Å². The third-order valence-electron chi connectivity index (χ3n) is 5.87. The van der Waals surface area contributed by atoms with Crippen LogP contribution in [0, 0.1) is 5.92 Å². The number of benzene rings is 1. The summed E-state index contributed by atoms with van der Waals surface area (Å²) in [5, 5.41) is 0. The Labute approximate surface area is 175 Å². The van der Waals surface area contributed by atoms with E-state index in [0.29, 0.717) is 42.4 Å². The van der Waals surface area contributed by atoms with Crippen LogP contribution in [0.15, 0.2) is 41.0 Å². The number of piperidine rings is 1.